The third-order valence-corrected chi connectivity index (χ3v) is 1.70. The highest BCUT2D eigenvalue weighted by molar-refractivity contribution is 8.03. The predicted molar refractivity (Wildman–Crippen MR) is 41.1 cm³/mol. The van der Waals surface area contributed by atoms with Gasteiger partial charge in [-0.15, -0.1) is 0 Å². The van der Waals surface area contributed by atoms with Gasteiger partial charge in [-0.3, -0.25) is 4.79 Å². The van der Waals surface area contributed by atoms with Crippen LogP contribution in [0.2, 0.25) is 0 Å². The SMILES string of the molecule is N#CSc1ncccc1C=O. The van der Waals surface area contributed by atoms with E-state index in [9.17, 15) is 4.79 Å². The summed E-state index contributed by atoms with van der Waals surface area (Å²) in [5.41, 5.74) is 0.457. The van der Waals surface area contributed by atoms with Gasteiger partial charge in [-0.1, -0.05) is 0 Å². The van der Waals surface area contributed by atoms with E-state index in [1.165, 1.54) is 0 Å². The van der Waals surface area contributed by atoms with Crippen molar-refractivity contribution in [3.8, 4) is 5.40 Å². The number of hydrogen-bond acceptors (Lipinski definition) is 4. The molecule has 0 N–H and O–H groups in total. The van der Waals surface area contributed by atoms with Crippen LogP contribution < -0.4 is 0 Å². The van der Waals surface area contributed by atoms with Crippen molar-refractivity contribution in [2.45, 2.75) is 5.03 Å². The number of carbonyl (C=O) groups is 1. The van der Waals surface area contributed by atoms with Crippen LogP contribution in [0.3, 0.4) is 0 Å². The fourth-order valence-corrected chi connectivity index (χ4v) is 1.06. The van der Waals surface area contributed by atoms with Crippen LogP contribution in [0.1, 0.15) is 10.4 Å². The normalized spacial score (nSPS) is 8.64. The first kappa shape index (κ1) is 7.76. The molecule has 0 bridgehead atoms. The number of aromatic nitrogens is 1. The van der Waals surface area contributed by atoms with Crippen LogP contribution in [0.5, 0.6) is 0 Å². The monoisotopic (exact) mass is 164 g/mol. The van der Waals surface area contributed by atoms with Gasteiger partial charge in [0, 0.05) is 23.5 Å². The number of thioether (sulfide) groups is 1. The van der Waals surface area contributed by atoms with Gasteiger partial charge in [-0.05, 0) is 12.1 Å². The van der Waals surface area contributed by atoms with Crippen LogP contribution >= 0.6 is 11.8 Å². The van der Waals surface area contributed by atoms with Crippen molar-refractivity contribution in [2.24, 2.45) is 0 Å². The summed E-state index contributed by atoms with van der Waals surface area (Å²) in [6.07, 6.45) is 2.24. The molecule has 0 amide bonds. The lowest BCUT2D eigenvalue weighted by atomic mass is 10.3. The van der Waals surface area contributed by atoms with Crippen molar-refractivity contribution < 1.29 is 4.79 Å². The Balaban J connectivity index is 3.04. The number of rotatable bonds is 2. The molecule has 0 radical (unpaired) electrons. The average Bonchev–Trinajstić information content (AvgIpc) is 2.06. The molecule has 0 fully saturated rings. The van der Waals surface area contributed by atoms with Crippen LogP contribution in [0, 0.1) is 10.7 Å². The number of hydrogen-bond donors (Lipinski definition) is 0. The van der Waals surface area contributed by atoms with Gasteiger partial charge in [0.05, 0.1) is 0 Å². The van der Waals surface area contributed by atoms with Crippen molar-refractivity contribution >= 4 is 18.0 Å². The lowest BCUT2D eigenvalue weighted by molar-refractivity contribution is 0.112. The highest BCUT2D eigenvalue weighted by Gasteiger charge is 2.00. The molecule has 1 rings (SSSR count). The van der Waals surface area contributed by atoms with Gasteiger partial charge in [0.1, 0.15) is 10.4 Å². The molecular formula is C7H4N2OS. The topological polar surface area (TPSA) is 53.8 Å². The number of thiocyanates is 1. The summed E-state index contributed by atoms with van der Waals surface area (Å²) in [6, 6.07) is 3.28. The lowest BCUT2D eigenvalue weighted by Gasteiger charge is -1.93. The lowest BCUT2D eigenvalue weighted by Crippen LogP contribution is -1.86. The van der Waals surface area contributed by atoms with E-state index < -0.39 is 0 Å². The molecule has 0 aliphatic heterocycles. The van der Waals surface area contributed by atoms with E-state index in [1.807, 2.05) is 5.40 Å². The first-order valence-electron chi connectivity index (χ1n) is 2.84. The van der Waals surface area contributed by atoms with Crippen molar-refractivity contribution in [3.63, 3.8) is 0 Å². The Hall–Kier alpha value is -1.34. The van der Waals surface area contributed by atoms with Crippen molar-refractivity contribution in [1.82, 2.24) is 4.98 Å². The van der Waals surface area contributed by atoms with Gasteiger partial charge in [-0.25, -0.2) is 4.98 Å². The van der Waals surface area contributed by atoms with E-state index in [1.54, 1.807) is 18.3 Å². The van der Waals surface area contributed by atoms with Crippen LogP contribution in [-0.2, 0) is 0 Å². The Morgan fingerprint density at radius 3 is 3.18 bits per heavy atom. The molecule has 0 atom stereocenters. The molecule has 0 aliphatic rings. The zero-order valence-electron chi connectivity index (χ0n) is 5.52. The van der Waals surface area contributed by atoms with Crippen LogP contribution in [0.15, 0.2) is 23.4 Å². The van der Waals surface area contributed by atoms with Gasteiger partial charge in [0.2, 0.25) is 0 Å². The first-order valence-corrected chi connectivity index (χ1v) is 3.66. The smallest absolute Gasteiger partial charge is 0.152 e. The maximum absolute atomic E-state index is 10.3. The number of nitrogens with zero attached hydrogens (tertiary/aromatic N) is 2. The van der Waals surface area contributed by atoms with E-state index in [2.05, 4.69) is 4.98 Å². The highest BCUT2D eigenvalue weighted by Crippen LogP contribution is 2.16. The van der Waals surface area contributed by atoms with Crippen LogP contribution in [0.4, 0.5) is 0 Å². The van der Waals surface area contributed by atoms with E-state index in [0.717, 1.165) is 11.8 Å². The maximum atomic E-state index is 10.3. The molecule has 1 heterocycles. The molecule has 0 aliphatic carbocycles. The zero-order chi connectivity index (χ0) is 8.10. The fourth-order valence-electron chi connectivity index (χ4n) is 0.621. The standard InChI is InChI=1S/C7H4N2OS/c8-5-11-7-6(4-10)2-1-3-9-7/h1-4H. The first-order chi connectivity index (χ1) is 5.38. The minimum Gasteiger partial charge on any atom is -0.298 e. The van der Waals surface area contributed by atoms with Gasteiger partial charge < -0.3 is 0 Å². The molecule has 0 unspecified atom stereocenters. The fraction of sp³-hybridized carbons (Fsp3) is 0. The molecule has 11 heavy (non-hydrogen) atoms. The second-order valence-corrected chi connectivity index (χ2v) is 2.48. The van der Waals surface area contributed by atoms with E-state index in [0.29, 0.717) is 16.9 Å². The summed E-state index contributed by atoms with van der Waals surface area (Å²) >= 11 is 0.890. The summed E-state index contributed by atoms with van der Waals surface area (Å²) < 4.78 is 0. The second kappa shape index (κ2) is 3.74. The van der Waals surface area contributed by atoms with Gasteiger partial charge in [0.25, 0.3) is 0 Å². The molecule has 0 spiro atoms. The van der Waals surface area contributed by atoms with Gasteiger partial charge in [0.15, 0.2) is 6.29 Å². The number of aldehydes is 1. The molecular weight excluding hydrogens is 160 g/mol. The largest absolute Gasteiger partial charge is 0.298 e. The molecule has 0 saturated heterocycles. The molecule has 0 aromatic carbocycles. The number of pyridine rings is 1. The molecule has 54 valence electrons. The average molecular weight is 164 g/mol. The van der Waals surface area contributed by atoms with Crippen molar-refractivity contribution in [3.05, 3.63) is 23.9 Å². The number of nitriles is 1. The molecule has 3 nitrogen and oxygen atoms in total. The summed E-state index contributed by atoms with van der Waals surface area (Å²) in [5.74, 6) is 0. The van der Waals surface area contributed by atoms with E-state index >= 15 is 0 Å². The highest BCUT2D eigenvalue weighted by atomic mass is 32.2. The summed E-state index contributed by atoms with van der Waals surface area (Å²) in [6.45, 7) is 0. The Bertz CT molecular complexity index is 306. The third-order valence-electron chi connectivity index (χ3n) is 1.07. The van der Waals surface area contributed by atoms with Crippen molar-refractivity contribution in [1.29, 1.82) is 5.26 Å². The van der Waals surface area contributed by atoms with E-state index in [4.69, 9.17) is 5.26 Å². The minimum atomic E-state index is 0.457. The second-order valence-electron chi connectivity index (χ2n) is 1.71. The quantitative estimate of drug-likeness (QED) is 0.377. The minimum absolute atomic E-state index is 0.457. The Morgan fingerprint density at radius 1 is 1.73 bits per heavy atom. The van der Waals surface area contributed by atoms with Gasteiger partial charge >= 0.3 is 0 Å². The molecule has 1 aromatic rings. The molecule has 0 saturated carbocycles. The van der Waals surface area contributed by atoms with Crippen LogP contribution in [-0.4, -0.2) is 11.3 Å². The third kappa shape index (κ3) is 1.79. The molecule has 1 aromatic heterocycles. The van der Waals surface area contributed by atoms with Crippen LogP contribution in [0.25, 0.3) is 0 Å². The van der Waals surface area contributed by atoms with Gasteiger partial charge in [-0.2, -0.15) is 5.26 Å². The Kier molecular flexibility index (Phi) is 2.64. The Morgan fingerprint density at radius 2 is 2.55 bits per heavy atom. The summed E-state index contributed by atoms with van der Waals surface area (Å²) in [7, 11) is 0. The maximum Gasteiger partial charge on any atom is 0.152 e. The van der Waals surface area contributed by atoms with E-state index in [-0.39, 0.29) is 0 Å². The zero-order valence-corrected chi connectivity index (χ0v) is 6.34. The van der Waals surface area contributed by atoms with Crippen molar-refractivity contribution in [2.75, 3.05) is 0 Å². The predicted octanol–water partition coefficient (Wildman–Crippen LogP) is 1.47. The summed E-state index contributed by atoms with van der Waals surface area (Å²) in [4.78, 5) is 14.2. The number of carbonyl (C=O) groups excluding carboxylic acids is 1. The summed E-state index contributed by atoms with van der Waals surface area (Å²) in [5, 5.41) is 10.6. The molecule has 4 heteroatoms. The Labute approximate surface area is 68.1 Å².